The van der Waals surface area contributed by atoms with Crippen LogP contribution in [-0.2, 0) is 11.2 Å². The number of halogens is 3. The second-order valence-corrected chi connectivity index (χ2v) is 8.03. The van der Waals surface area contributed by atoms with Crippen molar-refractivity contribution in [3.8, 4) is 6.07 Å². The summed E-state index contributed by atoms with van der Waals surface area (Å²) in [6.45, 7) is 1.84. The SMILES string of the molecule is Cc1ccc(Cl)cc1NC(=O)/C(C#N)=C/c1ccc(Cc2cccc(F)c2)c(Br)c1. The highest BCUT2D eigenvalue weighted by Gasteiger charge is 2.12. The molecular formula is C24H17BrClFN2O. The second-order valence-electron chi connectivity index (χ2n) is 6.74. The number of nitriles is 1. The molecule has 0 aromatic heterocycles. The molecule has 3 aromatic rings. The number of benzene rings is 3. The summed E-state index contributed by atoms with van der Waals surface area (Å²) in [5.41, 5.74) is 3.89. The molecule has 30 heavy (non-hydrogen) atoms. The number of hydrogen-bond donors (Lipinski definition) is 1. The number of amides is 1. The van der Waals surface area contributed by atoms with Crippen molar-refractivity contribution >= 4 is 45.2 Å². The van der Waals surface area contributed by atoms with Gasteiger partial charge < -0.3 is 5.32 Å². The fourth-order valence-corrected chi connectivity index (χ4v) is 3.61. The van der Waals surface area contributed by atoms with E-state index in [9.17, 15) is 14.4 Å². The Hall–Kier alpha value is -2.94. The van der Waals surface area contributed by atoms with E-state index in [1.54, 1.807) is 24.3 Å². The van der Waals surface area contributed by atoms with Crippen molar-refractivity contribution in [2.75, 3.05) is 5.32 Å². The van der Waals surface area contributed by atoms with Gasteiger partial charge in [-0.05, 0) is 72.0 Å². The van der Waals surface area contributed by atoms with Crippen LogP contribution in [0, 0.1) is 24.1 Å². The minimum atomic E-state index is -0.511. The summed E-state index contributed by atoms with van der Waals surface area (Å²) < 4.78 is 14.2. The smallest absolute Gasteiger partial charge is 0.266 e. The molecule has 3 nitrogen and oxygen atoms in total. The van der Waals surface area contributed by atoms with Crippen molar-refractivity contribution in [2.45, 2.75) is 13.3 Å². The Morgan fingerprint density at radius 2 is 2.00 bits per heavy atom. The molecule has 0 unspecified atom stereocenters. The maximum absolute atomic E-state index is 13.4. The van der Waals surface area contributed by atoms with Crippen molar-refractivity contribution in [3.63, 3.8) is 0 Å². The lowest BCUT2D eigenvalue weighted by Gasteiger charge is -2.09. The predicted molar refractivity (Wildman–Crippen MR) is 122 cm³/mol. The summed E-state index contributed by atoms with van der Waals surface area (Å²) in [5.74, 6) is -0.786. The zero-order chi connectivity index (χ0) is 21.7. The summed E-state index contributed by atoms with van der Waals surface area (Å²) in [5, 5.41) is 12.7. The van der Waals surface area contributed by atoms with Crippen LogP contribution in [0.1, 0.15) is 22.3 Å². The Labute approximate surface area is 187 Å². The summed E-state index contributed by atoms with van der Waals surface area (Å²) in [7, 11) is 0. The first kappa shape index (κ1) is 21.8. The highest BCUT2D eigenvalue weighted by atomic mass is 79.9. The summed E-state index contributed by atoms with van der Waals surface area (Å²) in [6, 6.07) is 19.1. The standard InChI is InChI=1S/C24H17BrClFN2O/c1-15-5-8-20(26)13-23(15)29-24(30)19(14-28)10-17-6-7-18(22(25)12-17)9-16-3-2-4-21(27)11-16/h2-8,10-13H,9H2,1H3,(H,29,30)/b19-10+. The molecule has 1 N–H and O–H groups in total. The van der Waals surface area contributed by atoms with Gasteiger partial charge in [0, 0.05) is 15.2 Å². The molecule has 0 aliphatic heterocycles. The second kappa shape index (κ2) is 9.71. The predicted octanol–water partition coefficient (Wildman–Crippen LogP) is 6.69. The third-order valence-corrected chi connectivity index (χ3v) is 5.46. The van der Waals surface area contributed by atoms with Gasteiger partial charge in [-0.25, -0.2) is 4.39 Å². The summed E-state index contributed by atoms with van der Waals surface area (Å²) in [4.78, 5) is 12.5. The van der Waals surface area contributed by atoms with Crippen LogP contribution in [0.4, 0.5) is 10.1 Å². The molecule has 3 rings (SSSR count). The van der Waals surface area contributed by atoms with Crippen molar-refractivity contribution in [1.29, 1.82) is 5.26 Å². The first-order valence-corrected chi connectivity index (χ1v) is 10.2. The Bertz CT molecular complexity index is 1180. The summed E-state index contributed by atoms with van der Waals surface area (Å²) in [6.07, 6.45) is 2.08. The van der Waals surface area contributed by atoms with Gasteiger partial charge in [0.2, 0.25) is 0 Å². The average molecular weight is 484 g/mol. The molecule has 0 radical (unpaired) electrons. The van der Waals surface area contributed by atoms with E-state index in [0.717, 1.165) is 21.2 Å². The molecule has 0 spiro atoms. The first-order valence-electron chi connectivity index (χ1n) is 9.08. The third-order valence-electron chi connectivity index (χ3n) is 4.48. The van der Waals surface area contributed by atoms with Gasteiger partial charge in [0.25, 0.3) is 5.91 Å². The first-order chi connectivity index (χ1) is 14.4. The number of aryl methyl sites for hydroxylation is 1. The molecule has 150 valence electrons. The quantitative estimate of drug-likeness (QED) is 0.325. The van der Waals surface area contributed by atoms with E-state index in [1.165, 1.54) is 18.2 Å². The van der Waals surface area contributed by atoms with Crippen LogP contribution in [0.2, 0.25) is 5.02 Å². The lowest BCUT2D eigenvalue weighted by atomic mass is 10.0. The molecule has 0 fully saturated rings. The Kier molecular flexibility index (Phi) is 7.04. The van der Waals surface area contributed by atoms with E-state index in [0.29, 0.717) is 22.7 Å². The van der Waals surface area contributed by atoms with Crippen LogP contribution in [-0.4, -0.2) is 5.91 Å². The number of rotatable bonds is 5. The van der Waals surface area contributed by atoms with E-state index >= 15 is 0 Å². The fourth-order valence-electron chi connectivity index (χ4n) is 2.90. The minimum Gasteiger partial charge on any atom is -0.321 e. The van der Waals surface area contributed by atoms with E-state index < -0.39 is 5.91 Å². The molecule has 0 atom stereocenters. The number of hydrogen-bond acceptors (Lipinski definition) is 2. The van der Waals surface area contributed by atoms with Crippen LogP contribution >= 0.6 is 27.5 Å². The van der Waals surface area contributed by atoms with Gasteiger partial charge >= 0.3 is 0 Å². The lowest BCUT2D eigenvalue weighted by molar-refractivity contribution is -0.112. The normalized spacial score (nSPS) is 11.1. The van der Waals surface area contributed by atoms with Crippen molar-refractivity contribution in [2.24, 2.45) is 0 Å². The summed E-state index contributed by atoms with van der Waals surface area (Å²) >= 11 is 9.51. The van der Waals surface area contributed by atoms with E-state index in [4.69, 9.17) is 11.6 Å². The molecule has 0 saturated carbocycles. The van der Waals surface area contributed by atoms with Gasteiger partial charge in [0.05, 0.1) is 0 Å². The van der Waals surface area contributed by atoms with Crippen LogP contribution in [0.25, 0.3) is 6.08 Å². The van der Waals surface area contributed by atoms with Crippen molar-refractivity contribution < 1.29 is 9.18 Å². The van der Waals surface area contributed by atoms with Crippen molar-refractivity contribution in [3.05, 3.63) is 104 Å². The Morgan fingerprint density at radius 3 is 2.70 bits per heavy atom. The van der Waals surface area contributed by atoms with Gasteiger partial charge in [-0.2, -0.15) is 5.26 Å². The molecule has 0 saturated heterocycles. The number of nitrogens with zero attached hydrogens (tertiary/aromatic N) is 1. The van der Waals surface area contributed by atoms with Gasteiger partial charge in [0.1, 0.15) is 17.5 Å². The van der Waals surface area contributed by atoms with Gasteiger partial charge in [-0.1, -0.05) is 57.9 Å². The molecule has 3 aromatic carbocycles. The van der Waals surface area contributed by atoms with E-state index in [2.05, 4.69) is 21.2 Å². The zero-order valence-electron chi connectivity index (χ0n) is 16.0. The Morgan fingerprint density at radius 1 is 1.20 bits per heavy atom. The highest BCUT2D eigenvalue weighted by molar-refractivity contribution is 9.10. The fraction of sp³-hybridized carbons (Fsp3) is 0.0833. The minimum absolute atomic E-state index is 0.0286. The molecular weight excluding hydrogens is 467 g/mol. The number of anilines is 1. The average Bonchev–Trinajstić information content (AvgIpc) is 2.71. The molecule has 0 aliphatic rings. The lowest BCUT2D eigenvalue weighted by Crippen LogP contribution is -2.14. The van der Waals surface area contributed by atoms with Crippen LogP contribution < -0.4 is 5.32 Å². The maximum atomic E-state index is 13.4. The molecule has 6 heteroatoms. The number of carbonyl (C=O) groups excluding carboxylic acids is 1. The molecule has 0 bridgehead atoms. The molecule has 0 aliphatic carbocycles. The van der Waals surface area contributed by atoms with Crippen LogP contribution in [0.5, 0.6) is 0 Å². The monoisotopic (exact) mass is 482 g/mol. The largest absolute Gasteiger partial charge is 0.321 e. The number of carbonyl (C=O) groups is 1. The van der Waals surface area contributed by atoms with E-state index in [1.807, 2.05) is 37.3 Å². The van der Waals surface area contributed by atoms with Crippen molar-refractivity contribution in [1.82, 2.24) is 0 Å². The molecule has 0 heterocycles. The molecule has 1 amide bonds. The third kappa shape index (κ3) is 5.56. The zero-order valence-corrected chi connectivity index (χ0v) is 18.4. The Balaban J connectivity index is 1.80. The highest BCUT2D eigenvalue weighted by Crippen LogP contribution is 2.24. The van der Waals surface area contributed by atoms with E-state index in [-0.39, 0.29) is 11.4 Å². The van der Waals surface area contributed by atoms with Gasteiger partial charge in [-0.15, -0.1) is 0 Å². The topological polar surface area (TPSA) is 52.9 Å². The maximum Gasteiger partial charge on any atom is 0.266 e. The van der Waals surface area contributed by atoms with Crippen LogP contribution in [0.15, 0.2) is 70.7 Å². The number of nitrogens with one attached hydrogen (secondary N) is 1. The van der Waals surface area contributed by atoms with Crippen LogP contribution in [0.3, 0.4) is 0 Å². The van der Waals surface area contributed by atoms with Gasteiger partial charge in [-0.3, -0.25) is 4.79 Å². The van der Waals surface area contributed by atoms with Gasteiger partial charge in [0.15, 0.2) is 0 Å².